The van der Waals surface area contributed by atoms with Gasteiger partial charge in [-0.15, -0.1) is 0 Å². The quantitative estimate of drug-likeness (QED) is 0.826. The lowest BCUT2D eigenvalue weighted by molar-refractivity contribution is -0.148. The lowest BCUT2D eigenvalue weighted by Gasteiger charge is -2.19. The van der Waals surface area contributed by atoms with Crippen molar-refractivity contribution in [3.63, 3.8) is 0 Å². The largest absolute Gasteiger partial charge is 0.492 e. The second-order valence-corrected chi connectivity index (χ2v) is 4.29. The highest BCUT2D eigenvalue weighted by molar-refractivity contribution is 5.73. The topological polar surface area (TPSA) is 46.5 Å². The van der Waals surface area contributed by atoms with Gasteiger partial charge in [-0.3, -0.25) is 4.79 Å². The molecule has 1 rings (SSSR count). The van der Waals surface area contributed by atoms with Crippen LogP contribution in [-0.2, 0) is 4.79 Å². The van der Waals surface area contributed by atoms with Gasteiger partial charge in [-0.1, -0.05) is 12.1 Å². The number of hydrogen-bond donors (Lipinski definition) is 1. The van der Waals surface area contributed by atoms with Gasteiger partial charge in [0.1, 0.15) is 12.4 Å². The van der Waals surface area contributed by atoms with Crippen LogP contribution in [0.15, 0.2) is 24.3 Å². The summed E-state index contributed by atoms with van der Waals surface area (Å²) in [6.07, 6.45) is 0. The molecule has 0 aliphatic heterocycles. The van der Waals surface area contributed by atoms with E-state index in [4.69, 9.17) is 9.84 Å². The predicted octanol–water partition coefficient (Wildman–Crippen LogP) is 2.48. The molecule has 1 N–H and O–H groups in total. The zero-order valence-electron chi connectivity index (χ0n) is 9.28. The Labute approximate surface area is 89.7 Å². The zero-order chi connectivity index (χ0) is 11.5. The second-order valence-electron chi connectivity index (χ2n) is 4.29. The third-order valence-corrected chi connectivity index (χ3v) is 2.17. The molecule has 0 atom stereocenters. The third-order valence-electron chi connectivity index (χ3n) is 2.17. The Bertz CT molecular complexity index is 356. The first-order valence-electron chi connectivity index (χ1n) is 4.85. The Morgan fingerprint density at radius 1 is 1.47 bits per heavy atom. The monoisotopic (exact) mass is 208 g/mol. The van der Waals surface area contributed by atoms with Gasteiger partial charge in [-0.2, -0.15) is 0 Å². The SMILES string of the molecule is Cc1cccc(OCC(C)(C)C(=O)O)c1. The van der Waals surface area contributed by atoms with Gasteiger partial charge in [0.25, 0.3) is 0 Å². The van der Waals surface area contributed by atoms with Crippen molar-refractivity contribution in [3.8, 4) is 5.75 Å². The maximum atomic E-state index is 10.8. The van der Waals surface area contributed by atoms with Crippen molar-refractivity contribution >= 4 is 5.97 Å². The summed E-state index contributed by atoms with van der Waals surface area (Å²) in [5.74, 6) is -0.139. The Morgan fingerprint density at radius 3 is 2.67 bits per heavy atom. The lowest BCUT2D eigenvalue weighted by Crippen LogP contribution is -2.30. The van der Waals surface area contributed by atoms with Crippen LogP contribution in [-0.4, -0.2) is 17.7 Å². The second kappa shape index (κ2) is 4.34. The van der Waals surface area contributed by atoms with Gasteiger partial charge in [0.2, 0.25) is 0 Å². The Morgan fingerprint density at radius 2 is 2.13 bits per heavy atom. The fourth-order valence-corrected chi connectivity index (χ4v) is 1.03. The molecule has 3 heteroatoms. The van der Waals surface area contributed by atoms with Gasteiger partial charge in [0.15, 0.2) is 0 Å². The molecule has 0 fully saturated rings. The number of benzene rings is 1. The van der Waals surface area contributed by atoms with E-state index in [0.717, 1.165) is 5.56 Å². The molecule has 0 unspecified atom stereocenters. The van der Waals surface area contributed by atoms with E-state index in [0.29, 0.717) is 5.75 Å². The fourth-order valence-electron chi connectivity index (χ4n) is 1.03. The van der Waals surface area contributed by atoms with E-state index >= 15 is 0 Å². The average molecular weight is 208 g/mol. The molecule has 0 bridgehead atoms. The molecule has 0 heterocycles. The maximum absolute atomic E-state index is 10.8. The molecule has 0 aliphatic rings. The van der Waals surface area contributed by atoms with E-state index in [1.54, 1.807) is 13.8 Å². The van der Waals surface area contributed by atoms with Crippen LogP contribution in [0.2, 0.25) is 0 Å². The van der Waals surface area contributed by atoms with Gasteiger partial charge in [0, 0.05) is 0 Å². The van der Waals surface area contributed by atoms with Crippen LogP contribution >= 0.6 is 0 Å². The van der Waals surface area contributed by atoms with Crippen LogP contribution in [0.3, 0.4) is 0 Å². The van der Waals surface area contributed by atoms with Gasteiger partial charge >= 0.3 is 5.97 Å². The van der Waals surface area contributed by atoms with E-state index in [-0.39, 0.29) is 6.61 Å². The first-order valence-corrected chi connectivity index (χ1v) is 4.85. The molecule has 0 saturated carbocycles. The molecule has 0 amide bonds. The highest BCUT2D eigenvalue weighted by Gasteiger charge is 2.28. The fraction of sp³-hybridized carbons (Fsp3) is 0.417. The standard InChI is InChI=1S/C12H16O3/c1-9-5-4-6-10(7-9)15-8-12(2,3)11(13)14/h4-7H,8H2,1-3H3,(H,13,14). The van der Waals surface area contributed by atoms with Crippen LogP contribution in [0.1, 0.15) is 19.4 Å². The summed E-state index contributed by atoms with van der Waals surface area (Å²) < 4.78 is 5.43. The van der Waals surface area contributed by atoms with Crippen molar-refractivity contribution in [2.45, 2.75) is 20.8 Å². The van der Waals surface area contributed by atoms with Crippen LogP contribution in [0.4, 0.5) is 0 Å². The van der Waals surface area contributed by atoms with E-state index in [1.165, 1.54) is 0 Å². The maximum Gasteiger partial charge on any atom is 0.312 e. The van der Waals surface area contributed by atoms with Crippen molar-refractivity contribution in [1.82, 2.24) is 0 Å². The molecular weight excluding hydrogens is 192 g/mol. The molecule has 0 spiro atoms. The first kappa shape index (κ1) is 11.6. The Balaban J connectivity index is 2.61. The van der Waals surface area contributed by atoms with Crippen molar-refractivity contribution in [2.24, 2.45) is 5.41 Å². The minimum atomic E-state index is -0.857. The summed E-state index contributed by atoms with van der Waals surface area (Å²) in [4.78, 5) is 10.8. The summed E-state index contributed by atoms with van der Waals surface area (Å²) in [6, 6.07) is 7.57. The van der Waals surface area contributed by atoms with E-state index in [2.05, 4.69) is 0 Å². The van der Waals surface area contributed by atoms with Crippen molar-refractivity contribution in [2.75, 3.05) is 6.61 Å². The number of carboxylic acids is 1. The molecule has 3 nitrogen and oxygen atoms in total. The zero-order valence-corrected chi connectivity index (χ0v) is 9.28. The molecule has 0 aliphatic carbocycles. The molecule has 82 valence electrons. The molecule has 0 saturated heterocycles. The number of carboxylic acid groups (broad SMARTS) is 1. The molecule has 15 heavy (non-hydrogen) atoms. The van der Waals surface area contributed by atoms with E-state index in [1.807, 2.05) is 31.2 Å². The Hall–Kier alpha value is -1.51. The van der Waals surface area contributed by atoms with Crippen LogP contribution in [0.5, 0.6) is 5.75 Å². The van der Waals surface area contributed by atoms with E-state index in [9.17, 15) is 4.79 Å². The highest BCUT2D eigenvalue weighted by Crippen LogP contribution is 2.19. The number of carbonyl (C=O) groups is 1. The number of aliphatic carboxylic acids is 1. The minimum absolute atomic E-state index is 0.172. The molecule has 0 aromatic heterocycles. The van der Waals surface area contributed by atoms with Gasteiger partial charge < -0.3 is 9.84 Å². The summed E-state index contributed by atoms with van der Waals surface area (Å²) in [5, 5.41) is 8.89. The lowest BCUT2D eigenvalue weighted by atomic mass is 9.95. The smallest absolute Gasteiger partial charge is 0.312 e. The van der Waals surface area contributed by atoms with Crippen LogP contribution in [0, 0.1) is 12.3 Å². The van der Waals surface area contributed by atoms with Crippen molar-refractivity contribution in [1.29, 1.82) is 0 Å². The van der Waals surface area contributed by atoms with Crippen LogP contribution in [0.25, 0.3) is 0 Å². The summed E-state index contributed by atoms with van der Waals surface area (Å²) >= 11 is 0. The molecule has 1 aromatic rings. The normalized spacial score (nSPS) is 11.1. The minimum Gasteiger partial charge on any atom is -0.492 e. The van der Waals surface area contributed by atoms with Crippen LogP contribution < -0.4 is 4.74 Å². The first-order chi connectivity index (χ1) is 6.92. The highest BCUT2D eigenvalue weighted by atomic mass is 16.5. The van der Waals surface area contributed by atoms with Gasteiger partial charge in [-0.25, -0.2) is 0 Å². The molecule has 1 aromatic carbocycles. The Kier molecular flexibility index (Phi) is 3.35. The average Bonchev–Trinajstić information content (AvgIpc) is 2.15. The number of rotatable bonds is 4. The summed E-state index contributed by atoms with van der Waals surface area (Å²) in [6.45, 7) is 5.43. The van der Waals surface area contributed by atoms with Gasteiger partial charge in [0.05, 0.1) is 5.41 Å². The number of aryl methyl sites for hydroxylation is 1. The third kappa shape index (κ3) is 3.27. The van der Waals surface area contributed by atoms with Crippen molar-refractivity contribution in [3.05, 3.63) is 29.8 Å². The predicted molar refractivity (Wildman–Crippen MR) is 58.1 cm³/mol. The number of hydrogen-bond acceptors (Lipinski definition) is 2. The van der Waals surface area contributed by atoms with Gasteiger partial charge in [-0.05, 0) is 38.5 Å². The number of ether oxygens (including phenoxy) is 1. The summed E-state index contributed by atoms with van der Waals surface area (Å²) in [7, 11) is 0. The summed E-state index contributed by atoms with van der Waals surface area (Å²) in [5.41, 5.74) is 0.240. The van der Waals surface area contributed by atoms with E-state index < -0.39 is 11.4 Å². The molecular formula is C12H16O3. The van der Waals surface area contributed by atoms with Crippen molar-refractivity contribution < 1.29 is 14.6 Å². The molecule has 0 radical (unpaired) electrons.